The molecule has 0 heterocycles. The second kappa shape index (κ2) is 7.46. The van der Waals surface area contributed by atoms with Crippen LogP contribution in [0.25, 0.3) is 0 Å². The van der Waals surface area contributed by atoms with Gasteiger partial charge in [-0.05, 0) is 51.8 Å². The molecule has 1 aromatic carbocycles. The molecular formula is C15H25NO. The summed E-state index contributed by atoms with van der Waals surface area (Å²) in [6.45, 7) is 8.04. The van der Waals surface area contributed by atoms with Crippen LogP contribution in [0.15, 0.2) is 18.2 Å². The summed E-state index contributed by atoms with van der Waals surface area (Å²) in [5, 5.41) is 3.40. The van der Waals surface area contributed by atoms with Crippen molar-refractivity contribution in [3.63, 3.8) is 0 Å². The van der Waals surface area contributed by atoms with Crippen LogP contribution >= 0.6 is 0 Å². The number of benzene rings is 1. The molecule has 1 N–H and O–H groups in total. The normalized spacial score (nSPS) is 12.7. The molecular weight excluding hydrogens is 210 g/mol. The molecule has 0 amide bonds. The summed E-state index contributed by atoms with van der Waals surface area (Å²) in [5.74, 6) is 0. The van der Waals surface area contributed by atoms with E-state index >= 15 is 0 Å². The minimum atomic E-state index is 0.441. The summed E-state index contributed by atoms with van der Waals surface area (Å²) in [4.78, 5) is 0. The maximum atomic E-state index is 5.39. The molecule has 0 aromatic heterocycles. The lowest BCUT2D eigenvalue weighted by atomic mass is 9.96. The third-order valence-corrected chi connectivity index (χ3v) is 3.13. The summed E-state index contributed by atoms with van der Waals surface area (Å²) in [7, 11) is 2.03. The Morgan fingerprint density at radius 2 is 2.06 bits per heavy atom. The van der Waals surface area contributed by atoms with Gasteiger partial charge in [-0.3, -0.25) is 0 Å². The summed E-state index contributed by atoms with van der Waals surface area (Å²) in [6.07, 6.45) is 2.23. The van der Waals surface area contributed by atoms with Crippen LogP contribution in [0.3, 0.4) is 0 Å². The first kappa shape index (κ1) is 14.2. The Morgan fingerprint density at radius 1 is 1.29 bits per heavy atom. The van der Waals surface area contributed by atoms with Crippen molar-refractivity contribution >= 4 is 0 Å². The Hall–Kier alpha value is -0.860. The van der Waals surface area contributed by atoms with Crippen LogP contribution in [0, 0.1) is 13.8 Å². The van der Waals surface area contributed by atoms with Crippen LogP contribution in [0.4, 0.5) is 0 Å². The van der Waals surface area contributed by atoms with E-state index in [0.717, 1.165) is 26.1 Å². The zero-order valence-corrected chi connectivity index (χ0v) is 11.5. The zero-order chi connectivity index (χ0) is 12.7. The molecule has 1 unspecified atom stereocenters. The molecule has 96 valence electrons. The van der Waals surface area contributed by atoms with Crippen molar-refractivity contribution in [3.05, 3.63) is 34.9 Å². The highest BCUT2D eigenvalue weighted by Crippen LogP contribution is 2.22. The van der Waals surface area contributed by atoms with Crippen LogP contribution in [-0.4, -0.2) is 20.3 Å². The highest BCUT2D eigenvalue weighted by Gasteiger charge is 2.11. The van der Waals surface area contributed by atoms with Crippen LogP contribution in [-0.2, 0) is 4.74 Å². The minimum absolute atomic E-state index is 0.441. The first-order valence-corrected chi connectivity index (χ1v) is 6.51. The maximum Gasteiger partial charge on any atom is 0.0466 e. The lowest BCUT2D eigenvalue weighted by Crippen LogP contribution is -2.18. The van der Waals surface area contributed by atoms with Crippen LogP contribution in [0.5, 0.6) is 0 Å². The number of hydrogen-bond acceptors (Lipinski definition) is 2. The lowest BCUT2D eigenvalue weighted by molar-refractivity contribution is 0.141. The Kier molecular flexibility index (Phi) is 6.23. The number of ether oxygens (including phenoxy) is 1. The third kappa shape index (κ3) is 4.49. The summed E-state index contributed by atoms with van der Waals surface area (Å²) < 4.78 is 5.39. The van der Waals surface area contributed by atoms with Crippen molar-refractivity contribution in [1.29, 1.82) is 0 Å². The van der Waals surface area contributed by atoms with Gasteiger partial charge in [-0.25, -0.2) is 0 Å². The molecule has 17 heavy (non-hydrogen) atoms. The van der Waals surface area contributed by atoms with Gasteiger partial charge in [0.2, 0.25) is 0 Å². The maximum absolute atomic E-state index is 5.39. The average molecular weight is 235 g/mol. The summed E-state index contributed by atoms with van der Waals surface area (Å²) in [6, 6.07) is 7.13. The van der Waals surface area contributed by atoms with E-state index < -0.39 is 0 Å². The fourth-order valence-corrected chi connectivity index (χ4v) is 2.21. The predicted molar refractivity (Wildman–Crippen MR) is 73.4 cm³/mol. The average Bonchev–Trinajstić information content (AvgIpc) is 2.31. The van der Waals surface area contributed by atoms with Gasteiger partial charge < -0.3 is 10.1 Å². The van der Waals surface area contributed by atoms with E-state index in [9.17, 15) is 0 Å². The largest absolute Gasteiger partial charge is 0.382 e. The van der Waals surface area contributed by atoms with Crippen LogP contribution in [0.2, 0.25) is 0 Å². The minimum Gasteiger partial charge on any atom is -0.382 e. The van der Waals surface area contributed by atoms with Crippen molar-refractivity contribution in [2.45, 2.75) is 39.7 Å². The molecule has 2 nitrogen and oxygen atoms in total. The van der Waals surface area contributed by atoms with Gasteiger partial charge in [-0.2, -0.15) is 0 Å². The van der Waals surface area contributed by atoms with Gasteiger partial charge in [0, 0.05) is 19.3 Å². The smallest absolute Gasteiger partial charge is 0.0466 e. The molecule has 0 aliphatic carbocycles. The Balaban J connectivity index is 2.59. The molecule has 0 fully saturated rings. The summed E-state index contributed by atoms with van der Waals surface area (Å²) >= 11 is 0. The fraction of sp³-hybridized carbons (Fsp3) is 0.600. The zero-order valence-electron chi connectivity index (χ0n) is 11.5. The Morgan fingerprint density at radius 3 is 2.65 bits per heavy atom. The van der Waals surface area contributed by atoms with E-state index in [1.165, 1.54) is 16.7 Å². The van der Waals surface area contributed by atoms with E-state index in [1.54, 1.807) is 0 Å². The predicted octanol–water partition coefficient (Wildman–Crippen LogP) is 3.38. The molecule has 1 aromatic rings. The van der Waals surface area contributed by atoms with Crippen LogP contribution < -0.4 is 5.32 Å². The Bertz CT molecular complexity index is 336. The molecule has 0 bridgehead atoms. The fourth-order valence-electron chi connectivity index (χ4n) is 2.21. The third-order valence-electron chi connectivity index (χ3n) is 3.13. The molecule has 0 aliphatic heterocycles. The van der Waals surface area contributed by atoms with Gasteiger partial charge >= 0.3 is 0 Å². The van der Waals surface area contributed by atoms with Crippen molar-refractivity contribution in [2.75, 3.05) is 20.3 Å². The van der Waals surface area contributed by atoms with Gasteiger partial charge in [-0.15, -0.1) is 0 Å². The van der Waals surface area contributed by atoms with Crippen molar-refractivity contribution in [1.82, 2.24) is 5.32 Å². The number of hydrogen-bond donors (Lipinski definition) is 1. The van der Waals surface area contributed by atoms with Crippen molar-refractivity contribution < 1.29 is 4.74 Å². The van der Waals surface area contributed by atoms with Gasteiger partial charge in [0.1, 0.15) is 0 Å². The molecule has 0 radical (unpaired) electrons. The van der Waals surface area contributed by atoms with Gasteiger partial charge in [-0.1, -0.05) is 23.8 Å². The van der Waals surface area contributed by atoms with Gasteiger partial charge in [0.05, 0.1) is 0 Å². The Labute approximate surface area is 105 Å². The SMILES string of the molecule is CCOCCCC(NC)c1ccc(C)cc1C. The first-order chi connectivity index (χ1) is 8.19. The van der Waals surface area contributed by atoms with E-state index in [0.29, 0.717) is 6.04 Å². The van der Waals surface area contributed by atoms with Crippen molar-refractivity contribution in [2.24, 2.45) is 0 Å². The summed E-state index contributed by atoms with van der Waals surface area (Å²) in [5.41, 5.74) is 4.12. The highest BCUT2D eigenvalue weighted by atomic mass is 16.5. The topological polar surface area (TPSA) is 21.3 Å². The standard InChI is InChI=1S/C15H25NO/c1-5-17-10-6-7-15(16-4)14-9-8-12(2)11-13(14)3/h8-9,11,15-16H,5-7,10H2,1-4H3. The second-order valence-corrected chi connectivity index (χ2v) is 4.54. The number of nitrogens with one attached hydrogen (secondary N) is 1. The second-order valence-electron chi connectivity index (χ2n) is 4.54. The molecule has 1 rings (SSSR count). The van der Waals surface area contributed by atoms with E-state index in [-0.39, 0.29) is 0 Å². The van der Waals surface area contributed by atoms with Crippen LogP contribution in [0.1, 0.15) is 42.5 Å². The number of aryl methyl sites for hydroxylation is 2. The van der Waals surface area contributed by atoms with E-state index in [1.807, 2.05) is 14.0 Å². The van der Waals surface area contributed by atoms with E-state index in [4.69, 9.17) is 4.74 Å². The van der Waals surface area contributed by atoms with Crippen molar-refractivity contribution in [3.8, 4) is 0 Å². The first-order valence-electron chi connectivity index (χ1n) is 6.51. The molecule has 0 aliphatic rings. The molecule has 0 saturated carbocycles. The molecule has 1 atom stereocenters. The quantitative estimate of drug-likeness (QED) is 0.732. The highest BCUT2D eigenvalue weighted by molar-refractivity contribution is 5.32. The molecule has 0 saturated heterocycles. The monoisotopic (exact) mass is 235 g/mol. The number of rotatable bonds is 7. The molecule has 2 heteroatoms. The lowest BCUT2D eigenvalue weighted by Gasteiger charge is -2.19. The van der Waals surface area contributed by atoms with Gasteiger partial charge in [0.25, 0.3) is 0 Å². The van der Waals surface area contributed by atoms with Gasteiger partial charge in [0.15, 0.2) is 0 Å². The molecule has 0 spiro atoms. The van der Waals surface area contributed by atoms with E-state index in [2.05, 4.69) is 37.4 Å².